The maximum absolute atomic E-state index is 10.7. The molecular formula is C17H17N5O2. The second-order valence-corrected chi connectivity index (χ2v) is 5.63. The Morgan fingerprint density at radius 1 is 1.17 bits per heavy atom. The molecule has 0 spiro atoms. The third kappa shape index (κ3) is 3.47. The van der Waals surface area contributed by atoms with Gasteiger partial charge in [-0.25, -0.2) is 4.98 Å². The Morgan fingerprint density at radius 3 is 2.46 bits per heavy atom. The van der Waals surface area contributed by atoms with E-state index in [1.165, 1.54) is 17.7 Å². The Morgan fingerprint density at radius 2 is 1.83 bits per heavy atom. The van der Waals surface area contributed by atoms with E-state index in [0.29, 0.717) is 18.1 Å². The van der Waals surface area contributed by atoms with Crippen LogP contribution in [0.3, 0.4) is 0 Å². The van der Waals surface area contributed by atoms with Crippen LogP contribution in [0, 0.1) is 17.0 Å². The summed E-state index contributed by atoms with van der Waals surface area (Å²) in [4.78, 5) is 14.7. The highest BCUT2D eigenvalue weighted by Gasteiger charge is 2.15. The first-order valence-corrected chi connectivity index (χ1v) is 7.49. The molecule has 0 fully saturated rings. The van der Waals surface area contributed by atoms with Gasteiger partial charge in [0.05, 0.1) is 11.0 Å². The van der Waals surface area contributed by atoms with Gasteiger partial charge < -0.3 is 5.73 Å². The first-order valence-electron chi connectivity index (χ1n) is 7.49. The average molecular weight is 323 g/mol. The van der Waals surface area contributed by atoms with Gasteiger partial charge in [-0.15, -0.1) is 0 Å². The van der Waals surface area contributed by atoms with Gasteiger partial charge in [-0.1, -0.05) is 42.0 Å². The van der Waals surface area contributed by atoms with Crippen molar-refractivity contribution in [3.8, 4) is 0 Å². The smallest absolute Gasteiger partial charge is 0.269 e. The number of aromatic nitrogens is 3. The minimum absolute atomic E-state index is 0.0680. The van der Waals surface area contributed by atoms with Gasteiger partial charge in [0.2, 0.25) is 0 Å². The molecular weight excluding hydrogens is 306 g/mol. The molecule has 7 nitrogen and oxygen atoms in total. The number of benzene rings is 2. The van der Waals surface area contributed by atoms with Crippen molar-refractivity contribution in [2.45, 2.75) is 19.4 Å². The number of nitrogens with two attached hydrogens (primary N) is 1. The van der Waals surface area contributed by atoms with E-state index in [-0.39, 0.29) is 5.69 Å². The average Bonchev–Trinajstić information content (AvgIpc) is 3.04. The summed E-state index contributed by atoms with van der Waals surface area (Å²) in [5, 5.41) is 17.7. The number of hydrogen-bond acceptors (Lipinski definition) is 5. The van der Waals surface area contributed by atoms with Gasteiger partial charge in [-0.2, -0.15) is 5.10 Å². The first-order chi connectivity index (χ1) is 11.5. The third-order valence-corrected chi connectivity index (χ3v) is 3.78. The molecule has 2 aromatic carbocycles. The fraction of sp³-hybridized carbons (Fsp3) is 0.176. The molecule has 7 heteroatoms. The van der Waals surface area contributed by atoms with Crippen molar-refractivity contribution in [2.24, 2.45) is 5.73 Å². The van der Waals surface area contributed by atoms with E-state index in [1.807, 2.05) is 31.2 Å². The highest BCUT2D eigenvalue weighted by atomic mass is 16.6. The molecule has 3 rings (SSSR count). The predicted molar refractivity (Wildman–Crippen MR) is 89.5 cm³/mol. The lowest BCUT2D eigenvalue weighted by molar-refractivity contribution is -0.384. The zero-order valence-corrected chi connectivity index (χ0v) is 13.1. The minimum atomic E-state index is -0.420. The van der Waals surface area contributed by atoms with E-state index in [0.717, 1.165) is 11.1 Å². The summed E-state index contributed by atoms with van der Waals surface area (Å²) in [5.41, 5.74) is 9.30. The molecule has 0 saturated carbocycles. The van der Waals surface area contributed by atoms with Gasteiger partial charge >= 0.3 is 0 Å². The molecule has 0 bridgehead atoms. The molecule has 3 N–H and O–H groups in total. The van der Waals surface area contributed by atoms with Crippen LogP contribution in [0.15, 0.2) is 48.5 Å². The van der Waals surface area contributed by atoms with Crippen molar-refractivity contribution in [3.05, 3.63) is 87.0 Å². The highest BCUT2D eigenvalue weighted by Crippen LogP contribution is 2.18. The number of nitro benzene ring substituents is 1. The van der Waals surface area contributed by atoms with Crippen LogP contribution < -0.4 is 5.73 Å². The van der Waals surface area contributed by atoms with E-state index >= 15 is 0 Å². The summed E-state index contributed by atoms with van der Waals surface area (Å²) in [6.45, 7) is 2.02. The highest BCUT2D eigenvalue weighted by molar-refractivity contribution is 5.34. The third-order valence-electron chi connectivity index (χ3n) is 3.78. The molecule has 1 heterocycles. The fourth-order valence-corrected chi connectivity index (χ4v) is 2.38. The lowest BCUT2D eigenvalue weighted by Crippen LogP contribution is -2.13. The van der Waals surface area contributed by atoms with E-state index in [4.69, 9.17) is 5.73 Å². The van der Waals surface area contributed by atoms with Crippen molar-refractivity contribution >= 4 is 5.69 Å². The normalized spacial score (nSPS) is 12.1. The number of nitrogens with zero attached hydrogens (tertiary/aromatic N) is 3. The van der Waals surface area contributed by atoms with Crippen molar-refractivity contribution in [1.29, 1.82) is 0 Å². The molecule has 1 aromatic heterocycles. The second-order valence-electron chi connectivity index (χ2n) is 5.63. The molecule has 0 aliphatic heterocycles. The second kappa shape index (κ2) is 6.59. The molecule has 3 aromatic rings. The monoisotopic (exact) mass is 323 g/mol. The Hall–Kier alpha value is -3.06. The van der Waals surface area contributed by atoms with Gasteiger partial charge in [0.15, 0.2) is 5.82 Å². The summed E-state index contributed by atoms with van der Waals surface area (Å²) in [6.07, 6.45) is 0.506. The number of nitrogens with one attached hydrogen (secondary N) is 1. The topological polar surface area (TPSA) is 111 Å². The molecule has 0 aliphatic carbocycles. The zero-order chi connectivity index (χ0) is 17.1. The van der Waals surface area contributed by atoms with Crippen LogP contribution in [0.1, 0.15) is 34.4 Å². The van der Waals surface area contributed by atoms with Crippen LogP contribution in [0.2, 0.25) is 0 Å². The maximum Gasteiger partial charge on any atom is 0.269 e. The number of nitro groups is 1. The fourth-order valence-electron chi connectivity index (χ4n) is 2.38. The Bertz CT molecular complexity index is 840. The zero-order valence-electron chi connectivity index (χ0n) is 13.1. The van der Waals surface area contributed by atoms with Crippen LogP contribution in [-0.4, -0.2) is 20.1 Å². The van der Waals surface area contributed by atoms with Crippen molar-refractivity contribution in [3.63, 3.8) is 0 Å². The molecule has 1 unspecified atom stereocenters. The molecule has 122 valence electrons. The molecule has 24 heavy (non-hydrogen) atoms. The largest absolute Gasteiger partial charge is 0.318 e. The number of rotatable bonds is 5. The molecule has 0 radical (unpaired) electrons. The Labute approximate surface area is 138 Å². The number of hydrogen-bond donors (Lipinski definition) is 2. The number of non-ortho nitro benzene ring substituents is 1. The van der Waals surface area contributed by atoms with Crippen molar-refractivity contribution in [1.82, 2.24) is 15.2 Å². The van der Waals surface area contributed by atoms with Crippen LogP contribution in [-0.2, 0) is 6.42 Å². The SMILES string of the molecule is Cc1ccc(C(N)c2n[nH]c(Cc3ccc([N+](=O)[O-])cc3)n2)cc1. The lowest BCUT2D eigenvalue weighted by atomic mass is 10.1. The van der Waals surface area contributed by atoms with Crippen molar-refractivity contribution in [2.75, 3.05) is 0 Å². The van der Waals surface area contributed by atoms with Gasteiger partial charge in [-0.3, -0.25) is 15.2 Å². The van der Waals surface area contributed by atoms with Crippen molar-refractivity contribution < 1.29 is 4.92 Å². The number of aromatic amines is 1. The van der Waals surface area contributed by atoms with E-state index in [2.05, 4.69) is 15.2 Å². The summed E-state index contributed by atoms with van der Waals surface area (Å²) >= 11 is 0. The number of aryl methyl sites for hydroxylation is 1. The summed E-state index contributed by atoms with van der Waals surface area (Å²) in [7, 11) is 0. The minimum Gasteiger partial charge on any atom is -0.318 e. The van der Waals surface area contributed by atoms with Crippen LogP contribution in [0.4, 0.5) is 5.69 Å². The summed E-state index contributed by atoms with van der Waals surface area (Å²) in [6, 6.07) is 13.9. The summed E-state index contributed by atoms with van der Waals surface area (Å²) in [5.74, 6) is 1.19. The molecule has 0 amide bonds. The van der Waals surface area contributed by atoms with Gasteiger partial charge in [0.1, 0.15) is 5.82 Å². The summed E-state index contributed by atoms with van der Waals surface area (Å²) < 4.78 is 0. The maximum atomic E-state index is 10.7. The molecule has 0 saturated heterocycles. The standard InChI is InChI=1S/C17H17N5O2/c1-11-2-6-13(7-3-11)16(18)17-19-15(20-21-17)10-12-4-8-14(9-5-12)22(23)24/h2-9,16H,10,18H2,1H3,(H,19,20,21). The predicted octanol–water partition coefficient (Wildman–Crippen LogP) is 2.66. The Kier molecular flexibility index (Phi) is 4.35. The van der Waals surface area contributed by atoms with Crippen LogP contribution in [0.5, 0.6) is 0 Å². The molecule has 0 aliphatic rings. The van der Waals surface area contributed by atoms with Gasteiger partial charge in [0.25, 0.3) is 5.69 Å². The Balaban J connectivity index is 1.73. The quantitative estimate of drug-likeness (QED) is 0.554. The van der Waals surface area contributed by atoms with E-state index < -0.39 is 11.0 Å². The van der Waals surface area contributed by atoms with Gasteiger partial charge in [-0.05, 0) is 18.1 Å². The number of H-pyrrole nitrogens is 1. The lowest BCUT2D eigenvalue weighted by Gasteiger charge is -2.07. The van der Waals surface area contributed by atoms with Crippen LogP contribution >= 0.6 is 0 Å². The van der Waals surface area contributed by atoms with Crippen LogP contribution in [0.25, 0.3) is 0 Å². The van der Waals surface area contributed by atoms with E-state index in [1.54, 1.807) is 12.1 Å². The van der Waals surface area contributed by atoms with E-state index in [9.17, 15) is 10.1 Å². The molecule has 1 atom stereocenters. The first kappa shape index (κ1) is 15.8. The van der Waals surface area contributed by atoms with Gasteiger partial charge in [0, 0.05) is 18.6 Å².